The van der Waals surface area contributed by atoms with Crippen molar-refractivity contribution in [2.24, 2.45) is 5.92 Å². The van der Waals surface area contributed by atoms with Crippen LogP contribution in [0, 0.1) is 5.92 Å². The van der Waals surface area contributed by atoms with Crippen LogP contribution in [0.2, 0.25) is 0 Å². The molecule has 1 heterocycles. The van der Waals surface area contributed by atoms with Gasteiger partial charge >= 0.3 is 0 Å². The molecule has 0 aliphatic rings. The second kappa shape index (κ2) is 9.33. The van der Waals surface area contributed by atoms with Crippen LogP contribution in [0.1, 0.15) is 40.7 Å². The van der Waals surface area contributed by atoms with Crippen LogP contribution < -0.4 is 10.1 Å². The van der Waals surface area contributed by atoms with Crippen LogP contribution in [-0.4, -0.2) is 18.3 Å². The van der Waals surface area contributed by atoms with Crippen LogP contribution >= 0.6 is 11.3 Å². The Morgan fingerprint density at radius 3 is 2.21 bits per heavy atom. The molecule has 0 saturated heterocycles. The van der Waals surface area contributed by atoms with Crippen molar-refractivity contribution < 1.29 is 14.3 Å². The molecule has 0 unspecified atom stereocenters. The number of ether oxygens (including phenoxy) is 1. The summed E-state index contributed by atoms with van der Waals surface area (Å²) in [6.07, 6.45) is 0. The largest absolute Gasteiger partial charge is 0.484 e. The molecule has 0 spiro atoms. The average Bonchev–Trinajstić information content (AvgIpc) is 3.25. The van der Waals surface area contributed by atoms with E-state index in [0.717, 1.165) is 4.88 Å². The summed E-state index contributed by atoms with van der Waals surface area (Å²) in [5.41, 5.74) is 1.23. The van der Waals surface area contributed by atoms with Gasteiger partial charge in [0, 0.05) is 16.0 Å². The van der Waals surface area contributed by atoms with Crippen LogP contribution in [0.4, 0.5) is 0 Å². The fraction of sp³-hybridized carbons (Fsp3) is 0.217. The maximum absolute atomic E-state index is 12.4. The number of benzene rings is 2. The molecular weight excluding hydrogens is 370 g/mol. The highest BCUT2D eigenvalue weighted by Gasteiger charge is 2.19. The van der Waals surface area contributed by atoms with Gasteiger partial charge < -0.3 is 10.1 Å². The molecule has 1 N–H and O–H groups in total. The van der Waals surface area contributed by atoms with Gasteiger partial charge in [-0.2, -0.15) is 0 Å². The smallest absolute Gasteiger partial charge is 0.258 e. The molecular formula is C23H23NO3S. The first-order valence-corrected chi connectivity index (χ1v) is 10.1. The number of hydrogen-bond donors (Lipinski definition) is 1. The van der Waals surface area contributed by atoms with Crippen molar-refractivity contribution in [2.45, 2.75) is 19.9 Å². The predicted octanol–water partition coefficient (Wildman–Crippen LogP) is 4.87. The number of ketones is 1. The summed E-state index contributed by atoms with van der Waals surface area (Å²) < 4.78 is 5.59. The average molecular weight is 394 g/mol. The highest BCUT2D eigenvalue weighted by molar-refractivity contribution is 7.10. The highest BCUT2D eigenvalue weighted by Crippen LogP contribution is 2.25. The zero-order valence-corrected chi connectivity index (χ0v) is 16.7. The molecule has 0 fully saturated rings. The van der Waals surface area contributed by atoms with Crippen LogP contribution in [0.15, 0.2) is 72.1 Å². The molecule has 0 radical (unpaired) electrons. The number of carbonyl (C=O) groups excluding carboxylic acids is 2. The molecule has 28 heavy (non-hydrogen) atoms. The number of amides is 1. The van der Waals surface area contributed by atoms with E-state index in [1.165, 1.54) is 0 Å². The topological polar surface area (TPSA) is 55.4 Å². The minimum atomic E-state index is -0.170. The quantitative estimate of drug-likeness (QED) is 0.556. The van der Waals surface area contributed by atoms with Crippen LogP contribution in [0.5, 0.6) is 5.75 Å². The van der Waals surface area contributed by atoms with Gasteiger partial charge in [0.2, 0.25) is 0 Å². The maximum Gasteiger partial charge on any atom is 0.258 e. The molecule has 3 aromatic rings. The lowest BCUT2D eigenvalue weighted by Crippen LogP contribution is -2.34. The number of carbonyl (C=O) groups is 2. The second-order valence-corrected chi connectivity index (χ2v) is 7.79. The third-order valence-electron chi connectivity index (χ3n) is 4.36. The third kappa shape index (κ3) is 5.08. The number of nitrogens with one attached hydrogen (secondary N) is 1. The molecule has 1 amide bonds. The SMILES string of the molecule is CC(C)[C@H](NC(=O)COc1ccc(C(=O)c2ccccc2)cc1)c1cccs1. The minimum Gasteiger partial charge on any atom is -0.484 e. The van der Waals surface area contributed by atoms with Crippen molar-refractivity contribution in [1.29, 1.82) is 0 Å². The summed E-state index contributed by atoms with van der Waals surface area (Å²) >= 11 is 1.63. The monoisotopic (exact) mass is 393 g/mol. The van der Waals surface area contributed by atoms with E-state index < -0.39 is 0 Å². The number of thiophene rings is 1. The van der Waals surface area contributed by atoms with Crippen molar-refractivity contribution in [1.82, 2.24) is 5.32 Å². The zero-order chi connectivity index (χ0) is 19.9. The summed E-state index contributed by atoms with van der Waals surface area (Å²) in [6.45, 7) is 4.09. The van der Waals surface area contributed by atoms with Gasteiger partial charge in [0.25, 0.3) is 5.91 Å². The van der Waals surface area contributed by atoms with Gasteiger partial charge in [-0.15, -0.1) is 11.3 Å². The Labute approximate surface area is 169 Å². The molecule has 0 bridgehead atoms. The van der Waals surface area contributed by atoms with Gasteiger partial charge in [0.05, 0.1) is 6.04 Å². The van der Waals surface area contributed by atoms with Crippen molar-refractivity contribution >= 4 is 23.0 Å². The molecule has 5 heteroatoms. The molecule has 4 nitrogen and oxygen atoms in total. The van der Waals surface area contributed by atoms with Crippen LogP contribution in [0.25, 0.3) is 0 Å². The van der Waals surface area contributed by atoms with Gasteiger partial charge in [-0.25, -0.2) is 0 Å². The van der Waals surface area contributed by atoms with E-state index >= 15 is 0 Å². The first-order chi connectivity index (χ1) is 13.5. The van der Waals surface area contributed by atoms with E-state index in [2.05, 4.69) is 19.2 Å². The van der Waals surface area contributed by atoms with Crippen molar-refractivity contribution in [2.75, 3.05) is 6.61 Å². The van der Waals surface area contributed by atoms with Gasteiger partial charge in [0.1, 0.15) is 5.75 Å². The van der Waals surface area contributed by atoms with Crippen molar-refractivity contribution in [3.63, 3.8) is 0 Å². The first kappa shape index (κ1) is 19.8. The Morgan fingerprint density at radius 1 is 0.929 bits per heavy atom. The Kier molecular flexibility index (Phi) is 6.61. The summed E-state index contributed by atoms with van der Waals surface area (Å²) in [7, 11) is 0. The first-order valence-electron chi connectivity index (χ1n) is 9.20. The van der Waals surface area contributed by atoms with Gasteiger partial charge in [-0.05, 0) is 41.6 Å². The van der Waals surface area contributed by atoms with Crippen LogP contribution in [-0.2, 0) is 4.79 Å². The molecule has 0 aliphatic carbocycles. The minimum absolute atomic E-state index is 0.0260. The third-order valence-corrected chi connectivity index (χ3v) is 5.31. The van der Waals surface area contributed by atoms with E-state index in [9.17, 15) is 9.59 Å². The summed E-state index contributed by atoms with van der Waals surface area (Å²) in [6, 6.07) is 20.0. The normalized spacial score (nSPS) is 11.8. The van der Waals surface area contributed by atoms with Crippen molar-refractivity contribution in [3.8, 4) is 5.75 Å². The fourth-order valence-corrected chi connectivity index (χ4v) is 3.81. The van der Waals surface area contributed by atoms with Crippen molar-refractivity contribution in [3.05, 3.63) is 88.1 Å². The summed E-state index contributed by atoms with van der Waals surface area (Å²) in [5, 5.41) is 5.04. The molecule has 1 aromatic heterocycles. The van der Waals surface area contributed by atoms with Gasteiger partial charge in [-0.1, -0.05) is 50.2 Å². The number of hydrogen-bond acceptors (Lipinski definition) is 4. The molecule has 144 valence electrons. The lowest BCUT2D eigenvalue weighted by atomic mass is 10.0. The van der Waals surface area contributed by atoms with Crippen LogP contribution in [0.3, 0.4) is 0 Å². The van der Waals surface area contributed by atoms with Gasteiger partial charge in [0.15, 0.2) is 12.4 Å². The lowest BCUT2D eigenvalue weighted by Gasteiger charge is -2.21. The molecule has 2 aromatic carbocycles. The highest BCUT2D eigenvalue weighted by atomic mass is 32.1. The van der Waals surface area contributed by atoms with E-state index in [-0.39, 0.29) is 30.3 Å². The van der Waals surface area contributed by atoms with E-state index in [4.69, 9.17) is 4.74 Å². The molecule has 3 rings (SSSR count). The Balaban J connectivity index is 1.56. The maximum atomic E-state index is 12.4. The Hall–Kier alpha value is -2.92. The fourth-order valence-electron chi connectivity index (χ4n) is 2.86. The zero-order valence-electron chi connectivity index (χ0n) is 15.9. The summed E-state index contributed by atoms with van der Waals surface area (Å²) in [5.74, 6) is 0.625. The second-order valence-electron chi connectivity index (χ2n) is 6.81. The van der Waals surface area contributed by atoms with E-state index in [1.807, 2.05) is 35.7 Å². The lowest BCUT2D eigenvalue weighted by molar-refractivity contribution is -0.124. The molecule has 1 atom stereocenters. The number of rotatable bonds is 8. The Bertz CT molecular complexity index is 903. The Morgan fingerprint density at radius 2 is 1.61 bits per heavy atom. The molecule has 0 saturated carbocycles. The van der Waals surface area contributed by atoms with E-state index in [1.54, 1.807) is 47.7 Å². The molecule has 0 aliphatic heterocycles. The predicted molar refractivity (Wildman–Crippen MR) is 112 cm³/mol. The standard InChI is InChI=1S/C23H23NO3S/c1-16(2)22(20-9-6-14-28-20)24-21(25)15-27-19-12-10-18(11-13-19)23(26)17-7-4-3-5-8-17/h3-14,16,22H,15H2,1-2H3,(H,24,25)/t22-/m0/s1. The summed E-state index contributed by atoms with van der Waals surface area (Å²) in [4.78, 5) is 25.8. The van der Waals surface area contributed by atoms with E-state index in [0.29, 0.717) is 16.9 Å². The van der Waals surface area contributed by atoms with Gasteiger partial charge in [-0.3, -0.25) is 9.59 Å².